The summed E-state index contributed by atoms with van der Waals surface area (Å²) in [5, 5.41) is 0. The quantitative estimate of drug-likeness (QED) is 0.347. The van der Waals surface area contributed by atoms with Gasteiger partial charge in [0.1, 0.15) is 13.2 Å². The van der Waals surface area contributed by atoms with Gasteiger partial charge < -0.3 is 9.47 Å². The van der Waals surface area contributed by atoms with Gasteiger partial charge in [-0.2, -0.15) is 0 Å². The van der Waals surface area contributed by atoms with Crippen LogP contribution in [-0.2, 0) is 19.1 Å². The number of hydrogen-bond donors (Lipinski definition) is 0. The van der Waals surface area contributed by atoms with Gasteiger partial charge in [-0.15, -0.1) is 0 Å². The zero-order valence-corrected chi connectivity index (χ0v) is 7.04. The molecule has 0 spiro atoms. The monoisotopic (exact) mass is 172 g/mol. The Hall–Kier alpha value is -1.32. The summed E-state index contributed by atoms with van der Waals surface area (Å²) < 4.78 is 9.19. The largest absolute Gasteiger partial charge is 0.462 e. The zero-order chi connectivity index (χ0) is 9.40. The van der Waals surface area contributed by atoms with Gasteiger partial charge in [0.25, 0.3) is 0 Å². The Balaban J connectivity index is 3.27. The molecule has 0 bridgehead atoms. The Bertz CT molecular complexity index is 174. The van der Waals surface area contributed by atoms with Crippen LogP contribution in [0.15, 0.2) is 12.7 Å². The minimum atomic E-state index is -0.512. The van der Waals surface area contributed by atoms with Crippen molar-refractivity contribution in [2.45, 2.75) is 13.3 Å². The fourth-order valence-corrected chi connectivity index (χ4v) is 0.459. The van der Waals surface area contributed by atoms with Crippen LogP contribution in [0.3, 0.4) is 0 Å². The van der Waals surface area contributed by atoms with Crippen LogP contribution in [-0.4, -0.2) is 25.2 Å². The molecule has 68 valence electrons. The van der Waals surface area contributed by atoms with E-state index in [0.717, 1.165) is 6.08 Å². The lowest BCUT2D eigenvalue weighted by Crippen LogP contribution is -2.11. The third-order valence-corrected chi connectivity index (χ3v) is 1.05. The molecule has 0 aromatic carbocycles. The summed E-state index contributed by atoms with van der Waals surface area (Å²) in [6, 6.07) is 0. The molecule has 0 aromatic rings. The number of carbonyl (C=O) groups excluding carboxylic acids is 2. The van der Waals surface area contributed by atoms with Crippen molar-refractivity contribution < 1.29 is 19.1 Å². The van der Waals surface area contributed by atoms with Crippen molar-refractivity contribution in [1.29, 1.82) is 0 Å². The summed E-state index contributed by atoms with van der Waals surface area (Å²) in [5.41, 5.74) is 0. The first-order chi connectivity index (χ1) is 5.70. The highest BCUT2D eigenvalue weighted by Crippen LogP contribution is 1.85. The third kappa shape index (κ3) is 5.46. The van der Waals surface area contributed by atoms with E-state index in [1.54, 1.807) is 6.92 Å². The maximum absolute atomic E-state index is 10.5. The molecule has 0 atom stereocenters. The van der Waals surface area contributed by atoms with E-state index in [-0.39, 0.29) is 19.2 Å². The highest BCUT2D eigenvalue weighted by Gasteiger charge is 1.98. The Morgan fingerprint density at radius 3 is 2.42 bits per heavy atom. The minimum absolute atomic E-state index is 0.0800. The van der Waals surface area contributed by atoms with E-state index in [1.165, 1.54) is 0 Å². The summed E-state index contributed by atoms with van der Waals surface area (Å²) in [7, 11) is 0. The number of rotatable bonds is 5. The van der Waals surface area contributed by atoms with E-state index in [9.17, 15) is 9.59 Å². The molecule has 0 aliphatic heterocycles. The molecule has 0 N–H and O–H groups in total. The molecular formula is C8H12O4. The lowest BCUT2D eigenvalue weighted by atomic mass is 10.5. The Morgan fingerprint density at radius 1 is 1.33 bits per heavy atom. The molecule has 0 unspecified atom stereocenters. The van der Waals surface area contributed by atoms with Crippen molar-refractivity contribution in [2.24, 2.45) is 0 Å². The predicted molar refractivity (Wildman–Crippen MR) is 42.4 cm³/mol. The van der Waals surface area contributed by atoms with Gasteiger partial charge in [-0.25, -0.2) is 4.79 Å². The van der Waals surface area contributed by atoms with E-state index in [1.807, 2.05) is 0 Å². The van der Waals surface area contributed by atoms with Gasteiger partial charge in [-0.05, 0) is 0 Å². The highest BCUT2D eigenvalue weighted by molar-refractivity contribution is 5.81. The summed E-state index contributed by atoms with van der Waals surface area (Å²) in [6.07, 6.45) is 1.39. The van der Waals surface area contributed by atoms with Crippen molar-refractivity contribution in [1.82, 2.24) is 0 Å². The van der Waals surface area contributed by atoms with Crippen molar-refractivity contribution in [2.75, 3.05) is 13.2 Å². The Morgan fingerprint density at radius 2 is 1.92 bits per heavy atom. The fourth-order valence-electron chi connectivity index (χ4n) is 0.459. The molecule has 0 heterocycles. The second-order valence-electron chi connectivity index (χ2n) is 1.95. The van der Waals surface area contributed by atoms with Crippen LogP contribution in [0.4, 0.5) is 0 Å². The standard InChI is InChI=1S/C8H12O4/c1-3-7(9)11-5-6-12-8(10)4-2/h3H,1,4-6H2,2H3. The van der Waals surface area contributed by atoms with Crippen molar-refractivity contribution in [3.63, 3.8) is 0 Å². The Kier molecular flexibility index (Phi) is 5.69. The molecule has 0 saturated carbocycles. The summed E-state index contributed by atoms with van der Waals surface area (Å²) in [6.45, 7) is 5.08. The van der Waals surface area contributed by atoms with Gasteiger partial charge in [0, 0.05) is 12.5 Å². The molecule has 4 heteroatoms. The maximum Gasteiger partial charge on any atom is 0.330 e. The molecule has 0 amide bonds. The number of carbonyl (C=O) groups is 2. The van der Waals surface area contributed by atoms with Gasteiger partial charge in [0.05, 0.1) is 0 Å². The lowest BCUT2D eigenvalue weighted by molar-refractivity contribution is -0.149. The van der Waals surface area contributed by atoms with E-state index in [2.05, 4.69) is 16.1 Å². The average molecular weight is 172 g/mol. The summed E-state index contributed by atoms with van der Waals surface area (Å²) >= 11 is 0. The molecule has 0 saturated heterocycles. The summed E-state index contributed by atoms with van der Waals surface area (Å²) in [4.78, 5) is 21.0. The van der Waals surface area contributed by atoms with Crippen LogP contribution >= 0.6 is 0 Å². The number of esters is 2. The second kappa shape index (κ2) is 6.39. The molecule has 0 aromatic heterocycles. The van der Waals surface area contributed by atoms with Crippen LogP contribution in [0.5, 0.6) is 0 Å². The van der Waals surface area contributed by atoms with Crippen molar-refractivity contribution >= 4 is 11.9 Å². The predicted octanol–water partition coefficient (Wildman–Crippen LogP) is 0.669. The minimum Gasteiger partial charge on any atom is -0.462 e. The number of hydrogen-bond acceptors (Lipinski definition) is 4. The van der Waals surface area contributed by atoms with Crippen LogP contribution in [0.1, 0.15) is 13.3 Å². The highest BCUT2D eigenvalue weighted by atomic mass is 16.6. The van der Waals surface area contributed by atoms with E-state index >= 15 is 0 Å². The SMILES string of the molecule is C=CC(=O)OCCOC(=O)CC. The van der Waals surface area contributed by atoms with Crippen molar-refractivity contribution in [3.05, 3.63) is 12.7 Å². The van der Waals surface area contributed by atoms with Gasteiger partial charge in [-0.3, -0.25) is 4.79 Å². The molecule has 0 fully saturated rings. The third-order valence-electron chi connectivity index (χ3n) is 1.05. The van der Waals surface area contributed by atoms with Crippen LogP contribution in [0.2, 0.25) is 0 Å². The van der Waals surface area contributed by atoms with E-state index in [0.29, 0.717) is 6.42 Å². The van der Waals surface area contributed by atoms with Crippen LogP contribution < -0.4 is 0 Å². The first-order valence-electron chi connectivity index (χ1n) is 3.65. The van der Waals surface area contributed by atoms with Gasteiger partial charge in [0.2, 0.25) is 0 Å². The smallest absolute Gasteiger partial charge is 0.330 e. The topological polar surface area (TPSA) is 52.6 Å². The second-order valence-corrected chi connectivity index (χ2v) is 1.95. The van der Waals surface area contributed by atoms with Crippen molar-refractivity contribution in [3.8, 4) is 0 Å². The van der Waals surface area contributed by atoms with Gasteiger partial charge >= 0.3 is 11.9 Å². The lowest BCUT2D eigenvalue weighted by Gasteiger charge is -2.02. The average Bonchev–Trinajstić information content (AvgIpc) is 2.11. The Labute approximate surface area is 71.2 Å². The van der Waals surface area contributed by atoms with E-state index < -0.39 is 5.97 Å². The molecule has 0 radical (unpaired) electrons. The molecular weight excluding hydrogens is 160 g/mol. The van der Waals surface area contributed by atoms with Gasteiger partial charge in [0.15, 0.2) is 0 Å². The molecule has 12 heavy (non-hydrogen) atoms. The molecule has 0 rings (SSSR count). The van der Waals surface area contributed by atoms with Crippen LogP contribution in [0.25, 0.3) is 0 Å². The molecule has 0 aliphatic rings. The molecule has 4 nitrogen and oxygen atoms in total. The number of ether oxygens (including phenoxy) is 2. The van der Waals surface area contributed by atoms with Crippen LogP contribution in [0, 0.1) is 0 Å². The fraction of sp³-hybridized carbons (Fsp3) is 0.500. The first kappa shape index (κ1) is 10.7. The zero-order valence-electron chi connectivity index (χ0n) is 7.04. The maximum atomic E-state index is 10.5. The summed E-state index contributed by atoms with van der Waals surface area (Å²) in [5.74, 6) is -0.813. The molecule has 0 aliphatic carbocycles. The normalized spacial score (nSPS) is 8.75. The van der Waals surface area contributed by atoms with Gasteiger partial charge in [-0.1, -0.05) is 13.5 Å². The first-order valence-corrected chi connectivity index (χ1v) is 3.65. The van der Waals surface area contributed by atoms with E-state index in [4.69, 9.17) is 0 Å².